The topological polar surface area (TPSA) is 31.7 Å². The molecule has 3 aliphatic rings. The molecule has 0 saturated carbocycles. The van der Waals surface area contributed by atoms with Gasteiger partial charge in [0.15, 0.2) is 0 Å². The number of nitrogens with zero attached hydrogens (tertiary/aromatic N) is 2. The van der Waals surface area contributed by atoms with Crippen LogP contribution in [0.1, 0.15) is 11.8 Å². The highest BCUT2D eigenvalue weighted by Crippen LogP contribution is 2.27. The van der Waals surface area contributed by atoms with Crippen LogP contribution < -0.4 is 5.32 Å². The Morgan fingerprint density at radius 1 is 1.38 bits per heavy atom. The van der Waals surface area contributed by atoms with Crippen LogP contribution in [0.5, 0.6) is 0 Å². The Balaban J connectivity index is 1.80. The minimum atomic E-state index is 0.318. The molecule has 0 aliphatic carbocycles. The Morgan fingerprint density at radius 2 is 2.19 bits per heavy atom. The fourth-order valence-corrected chi connectivity index (χ4v) is 2.97. The SMILES string of the molecule is CNC(c1ccco1)C1CN2CCN1CC2. The van der Waals surface area contributed by atoms with E-state index in [4.69, 9.17) is 4.42 Å². The molecule has 2 bridgehead atoms. The van der Waals surface area contributed by atoms with Crippen molar-refractivity contribution in [3.8, 4) is 0 Å². The van der Waals surface area contributed by atoms with Crippen molar-refractivity contribution >= 4 is 0 Å². The van der Waals surface area contributed by atoms with Gasteiger partial charge in [-0.25, -0.2) is 0 Å². The summed E-state index contributed by atoms with van der Waals surface area (Å²) in [6.07, 6.45) is 1.76. The van der Waals surface area contributed by atoms with E-state index < -0.39 is 0 Å². The second-order valence-electron chi connectivity index (χ2n) is 4.69. The predicted octanol–water partition coefficient (Wildman–Crippen LogP) is 0.540. The number of piperazine rings is 3. The number of furan rings is 1. The van der Waals surface area contributed by atoms with Gasteiger partial charge in [0.2, 0.25) is 0 Å². The van der Waals surface area contributed by atoms with Crippen LogP contribution >= 0.6 is 0 Å². The number of nitrogens with one attached hydrogen (secondary N) is 1. The summed E-state index contributed by atoms with van der Waals surface area (Å²) < 4.78 is 5.54. The molecule has 88 valence electrons. The van der Waals surface area contributed by atoms with Gasteiger partial charge in [-0.1, -0.05) is 0 Å². The first kappa shape index (κ1) is 10.3. The van der Waals surface area contributed by atoms with E-state index in [0.717, 1.165) is 12.3 Å². The zero-order valence-corrected chi connectivity index (χ0v) is 9.72. The highest BCUT2D eigenvalue weighted by atomic mass is 16.3. The van der Waals surface area contributed by atoms with Crippen molar-refractivity contribution in [2.75, 3.05) is 39.8 Å². The monoisotopic (exact) mass is 221 g/mol. The van der Waals surface area contributed by atoms with Crippen LogP contribution in [0.2, 0.25) is 0 Å². The van der Waals surface area contributed by atoms with Gasteiger partial charge in [-0.2, -0.15) is 0 Å². The fraction of sp³-hybridized carbons (Fsp3) is 0.667. The zero-order valence-electron chi connectivity index (χ0n) is 9.72. The standard InChI is InChI=1S/C12H19N3O/c1-13-12(11-3-2-8-16-11)10-9-14-4-6-15(10)7-5-14/h2-3,8,10,12-13H,4-7,9H2,1H3. The molecular weight excluding hydrogens is 202 g/mol. The first-order chi connectivity index (χ1) is 7.88. The van der Waals surface area contributed by atoms with Crippen LogP contribution in [-0.2, 0) is 0 Å². The summed E-state index contributed by atoms with van der Waals surface area (Å²) >= 11 is 0. The minimum Gasteiger partial charge on any atom is -0.468 e. The van der Waals surface area contributed by atoms with Crippen LogP contribution in [-0.4, -0.2) is 55.6 Å². The van der Waals surface area contributed by atoms with E-state index in [2.05, 4.69) is 21.2 Å². The molecule has 2 unspecified atom stereocenters. The van der Waals surface area contributed by atoms with Gasteiger partial charge in [-0.15, -0.1) is 0 Å². The van der Waals surface area contributed by atoms with Crippen LogP contribution in [0.25, 0.3) is 0 Å². The first-order valence-electron chi connectivity index (χ1n) is 6.05. The summed E-state index contributed by atoms with van der Waals surface area (Å²) in [5, 5.41) is 3.40. The lowest BCUT2D eigenvalue weighted by Crippen LogP contribution is -2.63. The first-order valence-corrected chi connectivity index (χ1v) is 6.05. The van der Waals surface area contributed by atoms with E-state index in [-0.39, 0.29) is 0 Å². The number of hydrogen-bond donors (Lipinski definition) is 1. The van der Waals surface area contributed by atoms with E-state index in [0.29, 0.717) is 12.1 Å². The molecule has 0 spiro atoms. The Hall–Kier alpha value is -0.840. The van der Waals surface area contributed by atoms with Gasteiger partial charge < -0.3 is 9.73 Å². The van der Waals surface area contributed by atoms with Gasteiger partial charge >= 0.3 is 0 Å². The third kappa shape index (κ3) is 1.67. The van der Waals surface area contributed by atoms with Crippen molar-refractivity contribution in [2.45, 2.75) is 12.1 Å². The summed E-state index contributed by atoms with van der Waals surface area (Å²) in [5.74, 6) is 1.06. The fourth-order valence-electron chi connectivity index (χ4n) is 2.97. The predicted molar refractivity (Wildman–Crippen MR) is 62.3 cm³/mol. The molecule has 0 amide bonds. The normalized spacial score (nSPS) is 35.2. The van der Waals surface area contributed by atoms with Crippen LogP contribution in [0.15, 0.2) is 22.8 Å². The molecule has 0 aromatic carbocycles. The molecule has 3 saturated heterocycles. The number of fused-ring (bicyclic) bond motifs is 3. The summed E-state index contributed by atoms with van der Waals surface area (Å²) in [7, 11) is 2.02. The largest absolute Gasteiger partial charge is 0.468 e. The summed E-state index contributed by atoms with van der Waals surface area (Å²) in [5.41, 5.74) is 0. The number of likely N-dealkylation sites (N-methyl/N-ethyl adjacent to an activating group) is 1. The van der Waals surface area contributed by atoms with Gasteiger partial charge in [0.1, 0.15) is 5.76 Å². The second-order valence-corrected chi connectivity index (χ2v) is 4.69. The van der Waals surface area contributed by atoms with Gasteiger partial charge in [0, 0.05) is 38.8 Å². The Labute approximate surface area is 96.2 Å². The molecule has 0 radical (unpaired) electrons. The lowest BCUT2D eigenvalue weighted by Gasteiger charge is -2.49. The van der Waals surface area contributed by atoms with Crippen LogP contribution in [0, 0.1) is 0 Å². The molecule has 1 N–H and O–H groups in total. The molecule has 1 aromatic heterocycles. The lowest BCUT2D eigenvalue weighted by molar-refractivity contribution is -0.00566. The number of rotatable bonds is 3. The van der Waals surface area contributed by atoms with E-state index >= 15 is 0 Å². The van der Waals surface area contributed by atoms with Crippen LogP contribution in [0.4, 0.5) is 0 Å². The van der Waals surface area contributed by atoms with E-state index in [9.17, 15) is 0 Å². The molecule has 4 heterocycles. The van der Waals surface area contributed by atoms with Crippen molar-refractivity contribution in [3.05, 3.63) is 24.2 Å². The van der Waals surface area contributed by atoms with E-state index in [1.54, 1.807) is 6.26 Å². The summed E-state index contributed by atoms with van der Waals surface area (Å²) in [6, 6.07) is 4.91. The van der Waals surface area contributed by atoms with Crippen molar-refractivity contribution in [2.24, 2.45) is 0 Å². The maximum atomic E-state index is 5.54. The third-order valence-corrected chi connectivity index (χ3v) is 3.87. The van der Waals surface area contributed by atoms with E-state index in [1.165, 1.54) is 26.2 Å². The average Bonchev–Trinajstić information content (AvgIpc) is 2.85. The van der Waals surface area contributed by atoms with Gasteiger partial charge in [0.25, 0.3) is 0 Å². The lowest BCUT2D eigenvalue weighted by atomic mass is 9.98. The zero-order chi connectivity index (χ0) is 11.0. The van der Waals surface area contributed by atoms with Gasteiger partial charge in [0.05, 0.1) is 12.3 Å². The molecule has 1 aromatic rings. The maximum absolute atomic E-state index is 5.54. The highest BCUT2D eigenvalue weighted by Gasteiger charge is 2.37. The van der Waals surface area contributed by atoms with Crippen molar-refractivity contribution in [1.82, 2.24) is 15.1 Å². The van der Waals surface area contributed by atoms with E-state index in [1.807, 2.05) is 13.1 Å². The quantitative estimate of drug-likeness (QED) is 0.807. The average molecular weight is 221 g/mol. The van der Waals surface area contributed by atoms with Gasteiger partial charge in [-0.3, -0.25) is 9.80 Å². The molecule has 4 rings (SSSR count). The second kappa shape index (κ2) is 4.20. The Bertz CT molecular complexity index is 330. The molecule has 4 nitrogen and oxygen atoms in total. The molecule has 3 aliphatic heterocycles. The van der Waals surface area contributed by atoms with Crippen molar-refractivity contribution in [1.29, 1.82) is 0 Å². The molecule has 16 heavy (non-hydrogen) atoms. The third-order valence-electron chi connectivity index (χ3n) is 3.87. The molecule has 2 atom stereocenters. The molecule has 4 heteroatoms. The van der Waals surface area contributed by atoms with Crippen molar-refractivity contribution < 1.29 is 4.42 Å². The highest BCUT2D eigenvalue weighted by molar-refractivity contribution is 5.10. The van der Waals surface area contributed by atoms with Crippen molar-refractivity contribution in [3.63, 3.8) is 0 Å². The van der Waals surface area contributed by atoms with Crippen LogP contribution in [0.3, 0.4) is 0 Å². The summed E-state index contributed by atoms with van der Waals surface area (Å²) in [4.78, 5) is 5.14. The maximum Gasteiger partial charge on any atom is 0.122 e. The number of hydrogen-bond acceptors (Lipinski definition) is 4. The Morgan fingerprint density at radius 3 is 2.69 bits per heavy atom. The minimum absolute atomic E-state index is 0.318. The molecule has 3 fully saturated rings. The smallest absolute Gasteiger partial charge is 0.122 e. The Kier molecular flexibility index (Phi) is 2.71. The van der Waals surface area contributed by atoms with Gasteiger partial charge in [-0.05, 0) is 19.2 Å². The summed E-state index contributed by atoms with van der Waals surface area (Å²) in [6.45, 7) is 6.01. The molecular formula is C12H19N3O.